The number of halogens is 11. The zero-order chi connectivity index (χ0) is 19.8. The summed E-state index contributed by atoms with van der Waals surface area (Å²) in [6.07, 6.45) is -10.5. The van der Waals surface area contributed by atoms with E-state index in [4.69, 9.17) is 0 Å². The Labute approximate surface area is 125 Å². The van der Waals surface area contributed by atoms with Crippen LogP contribution < -0.4 is 0 Å². The van der Waals surface area contributed by atoms with E-state index in [1.165, 1.54) is 0 Å². The molecule has 1 aliphatic rings. The first-order chi connectivity index (χ1) is 10.1. The quantitative estimate of drug-likeness (QED) is 0.506. The highest BCUT2D eigenvalue weighted by Gasteiger charge is 2.84. The fourth-order valence-corrected chi connectivity index (χ4v) is 5.50. The Morgan fingerprint density at radius 1 is 0.708 bits per heavy atom. The molecule has 0 aromatic rings. The lowest BCUT2D eigenvalue weighted by Crippen LogP contribution is -2.68. The first kappa shape index (κ1) is 21.2. The second kappa shape index (κ2) is 4.85. The predicted octanol–water partition coefficient (Wildman–Crippen LogP) is 2.73. The average Bonchev–Trinajstić information content (AvgIpc) is 2.32. The SMILES string of the molecule is O=S1(=O)[C-](CC(F)(F)C(F)(F)F)S(=O)(=O)C(F)(F)C(F)(F)C1(F)F. The van der Waals surface area contributed by atoms with Crippen molar-refractivity contribution < 1.29 is 65.1 Å². The molecule has 144 valence electrons. The molecule has 1 heterocycles. The van der Waals surface area contributed by atoms with E-state index in [1.54, 1.807) is 0 Å². The Bertz CT molecular complexity index is 685. The van der Waals surface area contributed by atoms with Crippen molar-refractivity contribution in [1.82, 2.24) is 0 Å². The van der Waals surface area contributed by atoms with Crippen LogP contribution in [0.15, 0.2) is 0 Å². The third kappa shape index (κ3) is 2.29. The highest BCUT2D eigenvalue weighted by Crippen LogP contribution is 2.61. The first-order valence-corrected chi connectivity index (χ1v) is 7.99. The smallest absolute Gasteiger partial charge is 0.255 e. The molecular formula is C7H2F11O4S2-. The molecule has 0 aromatic heterocycles. The number of alkyl halides is 11. The van der Waals surface area contributed by atoms with E-state index < -0.39 is 59.2 Å². The largest absolute Gasteiger partial charge is 0.450 e. The van der Waals surface area contributed by atoms with Crippen molar-refractivity contribution in [3.8, 4) is 0 Å². The summed E-state index contributed by atoms with van der Waals surface area (Å²) in [5, 5.41) is -13.9. The monoisotopic (exact) mass is 423 g/mol. The molecule has 0 N–H and O–H groups in total. The Hall–Kier alpha value is -0.870. The lowest BCUT2D eigenvalue weighted by Gasteiger charge is -2.47. The Morgan fingerprint density at radius 3 is 1.25 bits per heavy atom. The van der Waals surface area contributed by atoms with Crippen LogP contribution in [0.2, 0.25) is 0 Å². The van der Waals surface area contributed by atoms with E-state index in [1.807, 2.05) is 0 Å². The molecule has 0 aromatic carbocycles. The van der Waals surface area contributed by atoms with E-state index in [2.05, 4.69) is 0 Å². The maximum absolute atomic E-state index is 13.1. The summed E-state index contributed by atoms with van der Waals surface area (Å²) in [4.78, 5) is 0. The number of hydrogen-bond donors (Lipinski definition) is 0. The summed E-state index contributed by atoms with van der Waals surface area (Å²) >= 11 is 0. The van der Waals surface area contributed by atoms with Gasteiger partial charge in [-0.1, -0.05) is 11.0 Å². The minimum Gasteiger partial charge on any atom is -0.255 e. The van der Waals surface area contributed by atoms with Crippen LogP contribution in [-0.2, 0) is 19.7 Å². The predicted molar refractivity (Wildman–Crippen MR) is 51.5 cm³/mol. The van der Waals surface area contributed by atoms with E-state index in [-0.39, 0.29) is 0 Å². The van der Waals surface area contributed by atoms with Crippen LogP contribution in [0.1, 0.15) is 6.42 Å². The summed E-state index contributed by atoms with van der Waals surface area (Å²) in [7, 11) is -15.0. The maximum atomic E-state index is 13.1. The molecule has 1 fully saturated rings. The minimum absolute atomic E-state index is 3.72. The van der Waals surface area contributed by atoms with Crippen LogP contribution in [0.4, 0.5) is 48.3 Å². The summed E-state index contributed by atoms with van der Waals surface area (Å²) in [6.45, 7) is 0. The fourth-order valence-electron chi connectivity index (χ4n) is 1.41. The Balaban J connectivity index is 3.74. The zero-order valence-electron chi connectivity index (χ0n) is 10.3. The van der Waals surface area contributed by atoms with Crippen LogP contribution in [0.25, 0.3) is 0 Å². The van der Waals surface area contributed by atoms with Gasteiger partial charge in [-0.15, -0.1) is 0 Å². The van der Waals surface area contributed by atoms with E-state index >= 15 is 0 Å². The topological polar surface area (TPSA) is 68.3 Å². The van der Waals surface area contributed by atoms with Crippen molar-refractivity contribution in [2.24, 2.45) is 0 Å². The van der Waals surface area contributed by atoms with Gasteiger partial charge in [-0.05, 0) is 0 Å². The van der Waals surface area contributed by atoms with Crippen molar-refractivity contribution in [1.29, 1.82) is 0 Å². The van der Waals surface area contributed by atoms with Gasteiger partial charge in [0, 0.05) is 0 Å². The molecule has 0 aliphatic carbocycles. The van der Waals surface area contributed by atoms with E-state index in [0.717, 1.165) is 0 Å². The molecule has 0 saturated carbocycles. The third-order valence-electron chi connectivity index (χ3n) is 2.79. The molecule has 1 aliphatic heterocycles. The molecule has 24 heavy (non-hydrogen) atoms. The second-order valence-corrected chi connectivity index (χ2v) is 8.65. The highest BCUT2D eigenvalue weighted by molar-refractivity contribution is 8.14. The van der Waals surface area contributed by atoms with Crippen LogP contribution in [-0.4, -0.2) is 45.4 Å². The van der Waals surface area contributed by atoms with Crippen molar-refractivity contribution in [2.45, 2.75) is 35.0 Å². The standard InChI is InChI=1S/C7H2F11O4S2/c8-3(9,5(12,13)14)1-2-23(19,20)6(15,16)4(10,11)7(17,18)24(2,21)22/h1H2/q-1. The van der Waals surface area contributed by atoms with Gasteiger partial charge in [0.05, 0.1) is 0 Å². The Kier molecular flexibility index (Phi) is 4.28. The molecule has 0 atom stereocenters. The summed E-state index contributed by atoms with van der Waals surface area (Å²) in [6, 6.07) is 0. The van der Waals surface area contributed by atoms with Gasteiger partial charge >= 0.3 is 28.5 Å². The van der Waals surface area contributed by atoms with Crippen molar-refractivity contribution in [3.63, 3.8) is 0 Å². The van der Waals surface area contributed by atoms with Gasteiger partial charge in [0.25, 0.3) is 0 Å². The molecule has 17 heteroatoms. The van der Waals surface area contributed by atoms with Gasteiger partial charge < -0.3 is 0 Å². The van der Waals surface area contributed by atoms with E-state index in [9.17, 15) is 65.1 Å². The lowest BCUT2D eigenvalue weighted by atomic mass is 10.2. The molecule has 0 spiro atoms. The molecule has 0 radical (unpaired) electrons. The van der Waals surface area contributed by atoms with E-state index in [0.29, 0.717) is 0 Å². The summed E-state index contributed by atoms with van der Waals surface area (Å²) in [5.41, 5.74) is 0. The first-order valence-electron chi connectivity index (χ1n) is 5.02. The normalized spacial score (nSPS) is 28.5. The molecule has 1 saturated heterocycles. The van der Waals surface area contributed by atoms with Gasteiger partial charge in [0.1, 0.15) is 19.7 Å². The molecule has 1 rings (SSSR count). The fraction of sp³-hybridized carbons (Fsp3) is 0.857. The van der Waals surface area contributed by atoms with Crippen molar-refractivity contribution in [3.05, 3.63) is 4.58 Å². The molecule has 0 bridgehead atoms. The van der Waals surface area contributed by atoms with Gasteiger partial charge in [-0.3, -0.25) is 16.8 Å². The number of rotatable bonds is 2. The number of hydrogen-bond acceptors (Lipinski definition) is 4. The van der Waals surface area contributed by atoms with Crippen LogP contribution in [0.5, 0.6) is 0 Å². The Morgan fingerprint density at radius 2 is 1.00 bits per heavy atom. The zero-order valence-corrected chi connectivity index (χ0v) is 11.9. The van der Waals surface area contributed by atoms with Crippen LogP contribution in [0, 0.1) is 4.58 Å². The summed E-state index contributed by atoms with van der Waals surface area (Å²) in [5.74, 6) is -13.5. The van der Waals surface area contributed by atoms with Crippen LogP contribution >= 0.6 is 0 Å². The van der Waals surface area contributed by atoms with Crippen molar-refractivity contribution >= 4 is 19.7 Å². The maximum Gasteiger partial charge on any atom is 0.450 e. The number of sulfone groups is 2. The highest BCUT2D eigenvalue weighted by atomic mass is 32.3. The third-order valence-corrected chi connectivity index (χ3v) is 7.45. The molecular weight excluding hydrogens is 421 g/mol. The van der Waals surface area contributed by atoms with Crippen molar-refractivity contribution in [2.75, 3.05) is 0 Å². The molecule has 0 amide bonds. The lowest BCUT2D eigenvalue weighted by molar-refractivity contribution is -0.282. The second-order valence-electron chi connectivity index (χ2n) is 4.37. The summed E-state index contributed by atoms with van der Waals surface area (Å²) < 4.78 is 180. The molecule has 0 unspecified atom stereocenters. The minimum atomic E-state index is -7.50. The average molecular weight is 423 g/mol. The van der Waals surface area contributed by atoms with Gasteiger partial charge in [-0.2, -0.15) is 48.3 Å². The van der Waals surface area contributed by atoms with Gasteiger partial charge in [0.15, 0.2) is 0 Å². The van der Waals surface area contributed by atoms with Gasteiger partial charge in [0.2, 0.25) is 0 Å². The van der Waals surface area contributed by atoms with Crippen LogP contribution in [0.3, 0.4) is 0 Å². The van der Waals surface area contributed by atoms with Gasteiger partial charge in [-0.25, -0.2) is 0 Å². The molecule has 4 nitrogen and oxygen atoms in total.